The normalized spacial score (nSPS) is 11.8. The van der Waals surface area contributed by atoms with Crippen LogP contribution >= 0.6 is 0 Å². The Balaban J connectivity index is 3.18. The third-order valence-electron chi connectivity index (χ3n) is 2.90. The molecule has 9 nitrogen and oxygen atoms in total. The number of sulfonamides is 1. The zero-order chi connectivity index (χ0) is 16.4. The Morgan fingerprint density at radius 3 is 2.43 bits per heavy atom. The fourth-order valence-corrected chi connectivity index (χ4v) is 3.44. The van der Waals surface area contributed by atoms with E-state index in [0.29, 0.717) is 5.69 Å². The molecule has 21 heavy (non-hydrogen) atoms. The first kappa shape index (κ1) is 17.1. The molecule has 1 rings (SSSR count). The second-order valence-electron chi connectivity index (χ2n) is 4.59. The SMILES string of the molecule is Cc1nn(CCC(=O)O)c(C)c1S(=O)(=O)N(C)CC(N)=O. The number of nitrogens with zero attached hydrogens (tertiary/aromatic N) is 3. The lowest BCUT2D eigenvalue weighted by atomic mass is 10.4. The molecule has 1 amide bonds. The van der Waals surface area contributed by atoms with Crippen LogP contribution in [-0.4, -0.2) is 53.1 Å². The second kappa shape index (κ2) is 6.22. The second-order valence-corrected chi connectivity index (χ2v) is 6.58. The maximum absolute atomic E-state index is 12.4. The van der Waals surface area contributed by atoms with E-state index in [2.05, 4.69) is 5.10 Å². The van der Waals surface area contributed by atoms with Gasteiger partial charge in [0.15, 0.2) is 0 Å². The van der Waals surface area contributed by atoms with Crippen molar-refractivity contribution in [3.05, 3.63) is 11.4 Å². The third-order valence-corrected chi connectivity index (χ3v) is 4.96. The van der Waals surface area contributed by atoms with E-state index < -0.39 is 28.4 Å². The molecule has 1 heterocycles. The number of aliphatic carboxylic acids is 1. The number of carboxylic acid groups (broad SMARTS) is 1. The number of likely N-dealkylation sites (N-methyl/N-ethyl adjacent to an activating group) is 1. The largest absolute Gasteiger partial charge is 0.481 e. The van der Waals surface area contributed by atoms with Gasteiger partial charge in [-0.3, -0.25) is 14.3 Å². The van der Waals surface area contributed by atoms with Crippen molar-refractivity contribution in [3.8, 4) is 0 Å². The molecular weight excluding hydrogens is 300 g/mol. The number of primary amides is 1. The van der Waals surface area contributed by atoms with E-state index >= 15 is 0 Å². The molecular formula is C11H18N4O5S. The summed E-state index contributed by atoms with van der Waals surface area (Å²) in [5.41, 5.74) is 5.57. The summed E-state index contributed by atoms with van der Waals surface area (Å²) < 4.78 is 27.0. The Morgan fingerprint density at radius 1 is 1.38 bits per heavy atom. The van der Waals surface area contributed by atoms with E-state index in [1.807, 2.05) is 0 Å². The van der Waals surface area contributed by atoms with Crippen LogP contribution in [-0.2, 0) is 26.2 Å². The predicted molar refractivity (Wildman–Crippen MR) is 73.0 cm³/mol. The van der Waals surface area contributed by atoms with Gasteiger partial charge in [-0.1, -0.05) is 0 Å². The highest BCUT2D eigenvalue weighted by Gasteiger charge is 2.29. The molecule has 0 aromatic carbocycles. The van der Waals surface area contributed by atoms with Crippen LogP contribution in [0.15, 0.2) is 4.90 Å². The zero-order valence-corrected chi connectivity index (χ0v) is 12.8. The monoisotopic (exact) mass is 318 g/mol. The Bertz CT molecular complexity index is 664. The molecule has 0 atom stereocenters. The summed E-state index contributed by atoms with van der Waals surface area (Å²) in [5.74, 6) is -1.77. The van der Waals surface area contributed by atoms with Gasteiger partial charge in [0.25, 0.3) is 0 Å². The van der Waals surface area contributed by atoms with Gasteiger partial charge in [0, 0.05) is 7.05 Å². The quantitative estimate of drug-likeness (QED) is 0.667. The minimum atomic E-state index is -3.91. The molecule has 0 aliphatic rings. The van der Waals surface area contributed by atoms with Crippen molar-refractivity contribution in [2.75, 3.05) is 13.6 Å². The fourth-order valence-electron chi connectivity index (χ4n) is 1.93. The molecule has 0 aliphatic carbocycles. The number of carboxylic acids is 1. The first-order chi connectivity index (χ1) is 9.57. The van der Waals surface area contributed by atoms with Crippen molar-refractivity contribution in [2.24, 2.45) is 5.73 Å². The molecule has 0 saturated carbocycles. The van der Waals surface area contributed by atoms with Gasteiger partial charge in [0.05, 0.1) is 30.9 Å². The number of aryl methyl sites for hydroxylation is 2. The van der Waals surface area contributed by atoms with Crippen LogP contribution < -0.4 is 5.73 Å². The molecule has 0 spiro atoms. The van der Waals surface area contributed by atoms with E-state index in [0.717, 1.165) is 4.31 Å². The van der Waals surface area contributed by atoms with Crippen LogP contribution in [0.1, 0.15) is 17.8 Å². The Kier molecular flexibility index (Phi) is 5.07. The molecule has 3 N–H and O–H groups in total. The number of carbonyl (C=O) groups is 2. The first-order valence-corrected chi connectivity index (χ1v) is 7.51. The van der Waals surface area contributed by atoms with Crippen LogP contribution in [0.5, 0.6) is 0 Å². The standard InChI is InChI=1S/C11H18N4O5S/c1-7-11(21(19,20)14(3)6-9(12)16)8(2)15(13-7)5-4-10(17)18/h4-6H2,1-3H3,(H2,12,16)(H,17,18). The molecule has 118 valence electrons. The molecule has 0 radical (unpaired) electrons. The Morgan fingerprint density at radius 2 is 1.95 bits per heavy atom. The molecule has 0 bridgehead atoms. The maximum atomic E-state index is 12.4. The van der Waals surface area contributed by atoms with Crippen molar-refractivity contribution in [1.82, 2.24) is 14.1 Å². The summed E-state index contributed by atoms with van der Waals surface area (Å²) in [5, 5.41) is 12.7. The molecule has 1 aromatic rings. The zero-order valence-electron chi connectivity index (χ0n) is 12.0. The van der Waals surface area contributed by atoms with Crippen molar-refractivity contribution in [2.45, 2.75) is 31.7 Å². The summed E-state index contributed by atoms with van der Waals surface area (Å²) in [4.78, 5) is 21.4. The molecule has 10 heteroatoms. The number of hydrogen-bond acceptors (Lipinski definition) is 5. The summed E-state index contributed by atoms with van der Waals surface area (Å²) in [6.07, 6.45) is -0.168. The number of aromatic nitrogens is 2. The van der Waals surface area contributed by atoms with Crippen LogP contribution in [0.25, 0.3) is 0 Å². The number of rotatable bonds is 7. The summed E-state index contributed by atoms with van der Waals surface area (Å²) in [6, 6.07) is 0. The summed E-state index contributed by atoms with van der Waals surface area (Å²) in [6.45, 7) is 2.67. The number of hydrogen-bond donors (Lipinski definition) is 2. The van der Waals surface area contributed by atoms with Gasteiger partial charge in [-0.25, -0.2) is 8.42 Å². The van der Waals surface area contributed by atoms with Crippen molar-refractivity contribution >= 4 is 21.9 Å². The smallest absolute Gasteiger partial charge is 0.305 e. The molecule has 0 fully saturated rings. The fraction of sp³-hybridized carbons (Fsp3) is 0.545. The van der Waals surface area contributed by atoms with Gasteiger partial charge in [0.1, 0.15) is 4.90 Å². The maximum Gasteiger partial charge on any atom is 0.305 e. The van der Waals surface area contributed by atoms with Crippen LogP contribution in [0, 0.1) is 13.8 Å². The van der Waals surface area contributed by atoms with Gasteiger partial charge < -0.3 is 10.8 Å². The molecule has 0 aliphatic heterocycles. The average Bonchev–Trinajstić information content (AvgIpc) is 2.61. The minimum absolute atomic E-state index is 0.0309. The number of amides is 1. The third kappa shape index (κ3) is 3.79. The minimum Gasteiger partial charge on any atom is -0.481 e. The van der Waals surface area contributed by atoms with Crippen LogP contribution in [0.4, 0.5) is 0 Å². The van der Waals surface area contributed by atoms with Gasteiger partial charge in [-0.05, 0) is 13.8 Å². The van der Waals surface area contributed by atoms with Gasteiger partial charge in [-0.2, -0.15) is 9.40 Å². The van der Waals surface area contributed by atoms with E-state index in [9.17, 15) is 18.0 Å². The van der Waals surface area contributed by atoms with Gasteiger partial charge >= 0.3 is 5.97 Å². The number of nitrogens with two attached hydrogens (primary N) is 1. The molecule has 0 unspecified atom stereocenters. The summed E-state index contributed by atoms with van der Waals surface area (Å²) >= 11 is 0. The Hall–Kier alpha value is -1.94. The Labute approximate surface area is 122 Å². The van der Waals surface area contributed by atoms with Gasteiger partial charge in [0.2, 0.25) is 15.9 Å². The number of carbonyl (C=O) groups excluding carboxylic acids is 1. The van der Waals surface area contributed by atoms with Crippen LogP contribution in [0.3, 0.4) is 0 Å². The van der Waals surface area contributed by atoms with Gasteiger partial charge in [-0.15, -0.1) is 0 Å². The van der Waals surface area contributed by atoms with Crippen molar-refractivity contribution in [1.29, 1.82) is 0 Å². The highest BCUT2D eigenvalue weighted by atomic mass is 32.2. The van der Waals surface area contributed by atoms with Crippen molar-refractivity contribution < 1.29 is 23.1 Å². The van der Waals surface area contributed by atoms with E-state index in [1.54, 1.807) is 0 Å². The first-order valence-electron chi connectivity index (χ1n) is 6.07. The lowest BCUT2D eigenvalue weighted by Crippen LogP contribution is -2.35. The average molecular weight is 318 g/mol. The summed E-state index contributed by atoms with van der Waals surface area (Å²) in [7, 11) is -2.67. The van der Waals surface area contributed by atoms with E-state index in [4.69, 9.17) is 10.8 Å². The van der Waals surface area contributed by atoms with Crippen molar-refractivity contribution in [3.63, 3.8) is 0 Å². The lowest BCUT2D eigenvalue weighted by Gasteiger charge is -2.15. The highest BCUT2D eigenvalue weighted by molar-refractivity contribution is 7.89. The van der Waals surface area contributed by atoms with Crippen LogP contribution in [0.2, 0.25) is 0 Å². The highest BCUT2D eigenvalue weighted by Crippen LogP contribution is 2.22. The van der Waals surface area contributed by atoms with E-state index in [-0.39, 0.29) is 23.6 Å². The molecule has 1 aromatic heterocycles. The molecule has 0 saturated heterocycles. The van der Waals surface area contributed by atoms with E-state index in [1.165, 1.54) is 25.6 Å². The lowest BCUT2D eigenvalue weighted by molar-refractivity contribution is -0.137. The topological polar surface area (TPSA) is 136 Å². The predicted octanol–water partition coefficient (Wildman–Crippen LogP) is -0.920.